The van der Waals surface area contributed by atoms with Gasteiger partial charge >= 0.3 is 0 Å². The van der Waals surface area contributed by atoms with Crippen molar-refractivity contribution in [2.24, 2.45) is 0 Å². The molecule has 4 aliphatic rings. The van der Waals surface area contributed by atoms with Gasteiger partial charge in [-0.05, 0) is 123 Å². The van der Waals surface area contributed by atoms with Gasteiger partial charge in [0.15, 0.2) is 0 Å². The Morgan fingerprint density at radius 2 is 0.528 bits per heavy atom. The van der Waals surface area contributed by atoms with E-state index in [-0.39, 0.29) is 0 Å². The minimum atomic E-state index is 0.942. The Morgan fingerprint density at radius 1 is 0.306 bits per heavy atom. The minimum absolute atomic E-state index is 0.942. The molecule has 0 nitrogen and oxygen atoms in total. The molecule has 2 aromatic rings. The number of hydrogen-bond acceptors (Lipinski definition) is 0. The lowest BCUT2D eigenvalue weighted by Crippen LogP contribution is -1.89. The first kappa shape index (κ1) is 27.3. The van der Waals surface area contributed by atoms with Gasteiger partial charge in [0.1, 0.15) is 0 Å². The van der Waals surface area contributed by atoms with Crippen LogP contribution in [0.1, 0.15) is 99.3 Å². The van der Waals surface area contributed by atoms with E-state index < -0.39 is 0 Å². The second-order valence-electron chi connectivity index (χ2n) is 9.67. The first-order valence-corrected chi connectivity index (χ1v) is 14.0. The van der Waals surface area contributed by atoms with Crippen molar-refractivity contribution < 1.29 is 0 Å². The van der Waals surface area contributed by atoms with E-state index in [1.165, 1.54) is 47.9 Å². The highest BCUT2D eigenvalue weighted by Gasteiger charge is 1.98. The fraction of sp³-hybridized carbons (Fsp3) is 0.444. The van der Waals surface area contributed by atoms with Crippen molar-refractivity contribution in [1.82, 2.24) is 0 Å². The molecule has 0 radical (unpaired) electrons. The summed E-state index contributed by atoms with van der Waals surface area (Å²) >= 11 is 0. The summed E-state index contributed by atoms with van der Waals surface area (Å²) < 4.78 is 0. The van der Waals surface area contributed by atoms with Gasteiger partial charge in [0.2, 0.25) is 0 Å². The Hall–Kier alpha value is -3.32. The number of benzene rings is 2. The van der Waals surface area contributed by atoms with E-state index in [1.807, 2.05) is 0 Å². The summed E-state index contributed by atoms with van der Waals surface area (Å²) in [6.07, 6.45) is 17.6. The highest BCUT2D eigenvalue weighted by molar-refractivity contribution is 5.27. The van der Waals surface area contributed by atoms with Crippen LogP contribution in [0.3, 0.4) is 0 Å². The van der Waals surface area contributed by atoms with Gasteiger partial charge in [-0.25, -0.2) is 0 Å². The molecule has 6 rings (SSSR count). The van der Waals surface area contributed by atoms with E-state index in [0.717, 1.165) is 77.0 Å². The Morgan fingerprint density at radius 3 is 0.750 bits per heavy atom. The summed E-state index contributed by atoms with van der Waals surface area (Å²) in [5, 5.41) is 0. The van der Waals surface area contributed by atoms with Crippen molar-refractivity contribution >= 4 is 0 Å². The van der Waals surface area contributed by atoms with Crippen LogP contribution in [-0.4, -0.2) is 0 Å². The molecule has 0 saturated heterocycles. The van der Waals surface area contributed by atoms with Crippen LogP contribution in [0.2, 0.25) is 0 Å². The first-order valence-electron chi connectivity index (χ1n) is 14.0. The Balaban J connectivity index is 1.46. The summed E-state index contributed by atoms with van der Waals surface area (Å²) in [6, 6.07) is 18.3. The Bertz CT molecular complexity index is 943. The van der Waals surface area contributed by atoms with Crippen LogP contribution >= 0.6 is 0 Å². The van der Waals surface area contributed by atoms with E-state index >= 15 is 0 Å². The van der Waals surface area contributed by atoms with Gasteiger partial charge in [0, 0.05) is 25.7 Å². The van der Waals surface area contributed by atoms with E-state index in [0.29, 0.717) is 0 Å². The van der Waals surface area contributed by atoms with Crippen LogP contribution in [0.5, 0.6) is 0 Å². The second kappa shape index (κ2) is 18.0. The van der Waals surface area contributed by atoms with Crippen LogP contribution in [0.25, 0.3) is 0 Å². The fourth-order valence-electron chi connectivity index (χ4n) is 4.34. The minimum Gasteiger partial charge on any atom is -0.0891 e. The summed E-state index contributed by atoms with van der Waals surface area (Å²) in [6.45, 7) is 0. The van der Waals surface area contributed by atoms with Gasteiger partial charge in [0.05, 0.1) is 0 Å². The lowest BCUT2D eigenvalue weighted by atomic mass is 10.0. The molecule has 0 amide bonds. The molecule has 36 heavy (non-hydrogen) atoms. The second-order valence-corrected chi connectivity index (χ2v) is 9.67. The third kappa shape index (κ3) is 12.4. The van der Waals surface area contributed by atoms with E-state index in [9.17, 15) is 0 Å². The predicted octanol–water partition coefficient (Wildman–Crippen LogP) is 8.27. The smallest absolute Gasteiger partial charge is 0.00990 e. The van der Waals surface area contributed by atoms with E-state index in [2.05, 4.69) is 95.9 Å². The molecule has 0 N–H and O–H groups in total. The topological polar surface area (TPSA) is 0 Å². The average molecular weight is 473 g/mol. The van der Waals surface area contributed by atoms with Gasteiger partial charge in [-0.2, -0.15) is 0 Å². The van der Waals surface area contributed by atoms with Gasteiger partial charge in [-0.15, -0.1) is 0 Å². The molecule has 0 aliphatic heterocycles. The monoisotopic (exact) mass is 472 g/mol. The van der Waals surface area contributed by atoms with Crippen molar-refractivity contribution in [3.8, 4) is 47.4 Å². The summed E-state index contributed by atoms with van der Waals surface area (Å²) in [7, 11) is 0. The molecule has 0 heteroatoms. The largest absolute Gasteiger partial charge is 0.0891 e. The SMILES string of the molecule is C1#CCCCCc2ccc(cc2)CCCCC#CC#CCCCCc2ccc(cc2)CCCCC#C1. The maximum atomic E-state index is 3.22. The molecule has 184 valence electrons. The molecule has 2 aromatic carbocycles. The molecule has 0 fully saturated rings. The van der Waals surface area contributed by atoms with Crippen molar-refractivity contribution in [3.63, 3.8) is 0 Å². The third-order valence-corrected chi connectivity index (χ3v) is 6.59. The zero-order valence-corrected chi connectivity index (χ0v) is 21.9. The van der Waals surface area contributed by atoms with Crippen molar-refractivity contribution in [3.05, 3.63) is 70.8 Å². The van der Waals surface area contributed by atoms with Crippen LogP contribution in [-0.2, 0) is 25.7 Å². The molecule has 0 aromatic heterocycles. The fourth-order valence-corrected chi connectivity index (χ4v) is 4.34. The van der Waals surface area contributed by atoms with E-state index in [4.69, 9.17) is 0 Å². The predicted molar refractivity (Wildman–Crippen MR) is 154 cm³/mol. The quantitative estimate of drug-likeness (QED) is 0.339. The Labute approximate surface area is 220 Å². The average Bonchev–Trinajstić information content (AvgIpc) is 2.91. The molecule has 0 unspecified atom stereocenters. The van der Waals surface area contributed by atoms with E-state index in [1.54, 1.807) is 0 Å². The third-order valence-electron chi connectivity index (χ3n) is 6.59. The number of hydrogen-bond donors (Lipinski definition) is 0. The molecular weight excluding hydrogens is 432 g/mol. The zero-order chi connectivity index (χ0) is 24.9. The summed E-state index contributed by atoms with van der Waals surface area (Å²) in [4.78, 5) is 0. The molecule has 4 bridgehead atoms. The lowest BCUT2D eigenvalue weighted by molar-refractivity contribution is 0.749. The Kier molecular flexibility index (Phi) is 13.6. The standard InChI is InChI=1S/C36H40/c1-2-6-10-14-18-22-34-29-31-36(32-30-34)24-20-16-12-8-4-3-7-11-15-19-23-35-27-25-33(26-28-35)21-17-13-9-5-1/h25-32H,9-24H2. The van der Waals surface area contributed by atoms with Gasteiger partial charge in [-0.3, -0.25) is 0 Å². The van der Waals surface area contributed by atoms with Crippen LogP contribution < -0.4 is 0 Å². The number of rotatable bonds is 0. The normalized spacial score (nSPS) is 16.2. The van der Waals surface area contributed by atoms with Crippen LogP contribution in [0, 0.1) is 47.4 Å². The number of aryl methyl sites for hydroxylation is 4. The highest BCUT2D eigenvalue weighted by atomic mass is 14.0. The van der Waals surface area contributed by atoms with Gasteiger partial charge in [0.25, 0.3) is 0 Å². The molecule has 0 heterocycles. The van der Waals surface area contributed by atoms with Crippen molar-refractivity contribution in [2.75, 3.05) is 0 Å². The van der Waals surface area contributed by atoms with Gasteiger partial charge in [-0.1, -0.05) is 72.2 Å². The van der Waals surface area contributed by atoms with Crippen LogP contribution in [0.4, 0.5) is 0 Å². The zero-order valence-electron chi connectivity index (χ0n) is 21.9. The lowest BCUT2D eigenvalue weighted by Gasteiger charge is -2.04. The highest BCUT2D eigenvalue weighted by Crippen LogP contribution is 2.13. The molecular formula is C36H40. The maximum Gasteiger partial charge on any atom is 0.00990 e. The first-order chi connectivity index (χ1) is 17.9. The van der Waals surface area contributed by atoms with Crippen molar-refractivity contribution in [1.29, 1.82) is 0 Å². The molecule has 0 saturated carbocycles. The summed E-state index contributed by atoms with van der Waals surface area (Å²) in [5.74, 6) is 25.0. The maximum absolute atomic E-state index is 3.22. The molecule has 4 aliphatic carbocycles. The molecule has 0 spiro atoms. The van der Waals surface area contributed by atoms with Crippen LogP contribution in [0.15, 0.2) is 48.5 Å². The summed E-state index contributed by atoms with van der Waals surface area (Å²) in [5.41, 5.74) is 5.71. The molecule has 0 atom stereocenters. The van der Waals surface area contributed by atoms with Gasteiger partial charge < -0.3 is 0 Å². The van der Waals surface area contributed by atoms with Crippen molar-refractivity contribution in [2.45, 2.75) is 103 Å².